The SMILES string of the molecule is Cc1ccc(F)c(-c2cnc(-n3cc(C(C)O)c4ccc(C(=O)N(C)C)cc43)nc2)c1. The Labute approximate surface area is 179 Å². The predicted molar refractivity (Wildman–Crippen MR) is 118 cm³/mol. The molecule has 0 spiro atoms. The summed E-state index contributed by atoms with van der Waals surface area (Å²) in [4.78, 5) is 22.8. The highest BCUT2D eigenvalue weighted by atomic mass is 19.1. The average Bonchev–Trinajstić information content (AvgIpc) is 3.14. The number of fused-ring (bicyclic) bond motifs is 1. The lowest BCUT2D eigenvalue weighted by molar-refractivity contribution is 0.0827. The first-order chi connectivity index (χ1) is 14.8. The van der Waals surface area contributed by atoms with Gasteiger partial charge < -0.3 is 10.0 Å². The summed E-state index contributed by atoms with van der Waals surface area (Å²) in [7, 11) is 3.39. The zero-order valence-electron chi connectivity index (χ0n) is 17.8. The van der Waals surface area contributed by atoms with Crippen molar-refractivity contribution in [2.45, 2.75) is 20.0 Å². The van der Waals surface area contributed by atoms with Gasteiger partial charge in [0.25, 0.3) is 5.91 Å². The lowest BCUT2D eigenvalue weighted by atomic mass is 10.1. The first-order valence-corrected chi connectivity index (χ1v) is 9.90. The third-order valence-corrected chi connectivity index (χ3v) is 5.23. The van der Waals surface area contributed by atoms with Gasteiger partial charge in [-0.2, -0.15) is 0 Å². The Hall–Kier alpha value is -3.58. The molecule has 0 aliphatic carbocycles. The van der Waals surface area contributed by atoms with Gasteiger partial charge in [-0.15, -0.1) is 0 Å². The van der Waals surface area contributed by atoms with E-state index in [0.29, 0.717) is 33.7 Å². The fourth-order valence-electron chi connectivity index (χ4n) is 3.59. The molecule has 1 atom stereocenters. The maximum Gasteiger partial charge on any atom is 0.253 e. The van der Waals surface area contributed by atoms with Gasteiger partial charge >= 0.3 is 0 Å². The molecule has 1 N–H and O–H groups in total. The third-order valence-electron chi connectivity index (χ3n) is 5.23. The van der Waals surface area contributed by atoms with E-state index in [0.717, 1.165) is 10.9 Å². The third kappa shape index (κ3) is 3.80. The topological polar surface area (TPSA) is 71.2 Å². The first kappa shape index (κ1) is 20.7. The number of aromatic nitrogens is 3. The van der Waals surface area contributed by atoms with Crippen molar-refractivity contribution in [1.82, 2.24) is 19.4 Å². The quantitative estimate of drug-likeness (QED) is 0.537. The maximum absolute atomic E-state index is 14.2. The molecule has 0 aliphatic heterocycles. The molecule has 158 valence electrons. The van der Waals surface area contributed by atoms with E-state index in [1.54, 1.807) is 68.4 Å². The van der Waals surface area contributed by atoms with Gasteiger partial charge in [0.15, 0.2) is 0 Å². The number of halogens is 1. The molecule has 2 heterocycles. The van der Waals surface area contributed by atoms with E-state index in [-0.39, 0.29) is 11.7 Å². The number of amides is 1. The van der Waals surface area contributed by atoms with Gasteiger partial charge in [0.05, 0.1) is 11.6 Å². The number of rotatable bonds is 4. The smallest absolute Gasteiger partial charge is 0.253 e. The van der Waals surface area contributed by atoms with Crippen LogP contribution in [-0.2, 0) is 0 Å². The molecule has 1 amide bonds. The summed E-state index contributed by atoms with van der Waals surface area (Å²) in [5, 5.41) is 11.0. The summed E-state index contributed by atoms with van der Waals surface area (Å²) in [6.45, 7) is 3.58. The van der Waals surface area contributed by atoms with Crippen LogP contribution in [0.25, 0.3) is 28.0 Å². The lowest BCUT2D eigenvalue weighted by Crippen LogP contribution is -2.21. The van der Waals surface area contributed by atoms with Crippen LogP contribution < -0.4 is 0 Å². The molecule has 4 rings (SSSR count). The van der Waals surface area contributed by atoms with Crippen LogP contribution in [0.1, 0.15) is 34.5 Å². The van der Waals surface area contributed by atoms with Crippen molar-refractivity contribution < 1.29 is 14.3 Å². The number of aliphatic hydroxyl groups excluding tert-OH is 1. The zero-order valence-corrected chi connectivity index (χ0v) is 17.8. The largest absolute Gasteiger partial charge is 0.389 e. The molecule has 0 fully saturated rings. The molecular weight excluding hydrogens is 395 g/mol. The van der Waals surface area contributed by atoms with Crippen molar-refractivity contribution in [3.8, 4) is 17.1 Å². The summed E-state index contributed by atoms with van der Waals surface area (Å²) < 4.78 is 16.0. The number of carbonyl (C=O) groups is 1. The van der Waals surface area contributed by atoms with E-state index in [4.69, 9.17) is 0 Å². The van der Waals surface area contributed by atoms with E-state index in [9.17, 15) is 14.3 Å². The standard InChI is InChI=1S/C24H23FN4O2/c1-14-5-8-21(25)19(9-14)17-11-26-24(27-12-17)29-13-20(15(2)30)18-7-6-16(10-22(18)29)23(31)28(3)4/h5-13,15,30H,1-4H3. The van der Waals surface area contributed by atoms with Gasteiger partial charge in [-0.05, 0) is 38.1 Å². The number of benzene rings is 2. The molecule has 0 aliphatic rings. The van der Waals surface area contributed by atoms with E-state index >= 15 is 0 Å². The zero-order chi connectivity index (χ0) is 22.3. The van der Waals surface area contributed by atoms with Crippen molar-refractivity contribution in [2.24, 2.45) is 0 Å². The molecule has 4 aromatic rings. The molecule has 1 unspecified atom stereocenters. The van der Waals surface area contributed by atoms with E-state index in [2.05, 4.69) is 9.97 Å². The van der Waals surface area contributed by atoms with Crippen LogP contribution in [0, 0.1) is 12.7 Å². The Morgan fingerprint density at radius 3 is 2.48 bits per heavy atom. The van der Waals surface area contributed by atoms with E-state index in [1.807, 2.05) is 13.0 Å². The Kier molecular flexibility index (Phi) is 5.29. The summed E-state index contributed by atoms with van der Waals surface area (Å²) in [5.41, 5.74) is 3.88. The highest BCUT2D eigenvalue weighted by molar-refractivity contribution is 5.98. The van der Waals surface area contributed by atoms with Crippen LogP contribution in [0.2, 0.25) is 0 Å². The van der Waals surface area contributed by atoms with Gasteiger partial charge in [-0.3, -0.25) is 9.36 Å². The number of hydrogen-bond donors (Lipinski definition) is 1. The molecule has 0 saturated heterocycles. The maximum atomic E-state index is 14.2. The van der Waals surface area contributed by atoms with Crippen molar-refractivity contribution in [3.63, 3.8) is 0 Å². The van der Waals surface area contributed by atoms with Crippen molar-refractivity contribution >= 4 is 16.8 Å². The minimum absolute atomic E-state index is 0.126. The predicted octanol–water partition coefficient (Wildman–Crippen LogP) is 4.29. The minimum atomic E-state index is -0.709. The summed E-state index contributed by atoms with van der Waals surface area (Å²) in [6.07, 6.45) is 4.20. The second kappa shape index (κ2) is 7.92. The monoisotopic (exact) mass is 418 g/mol. The van der Waals surface area contributed by atoms with Crippen LogP contribution in [0.4, 0.5) is 4.39 Å². The van der Waals surface area contributed by atoms with Gasteiger partial charge in [-0.25, -0.2) is 14.4 Å². The Balaban J connectivity index is 1.84. The van der Waals surface area contributed by atoms with Gasteiger partial charge in [0.2, 0.25) is 5.95 Å². The summed E-state index contributed by atoms with van der Waals surface area (Å²) in [6, 6.07) is 10.2. The van der Waals surface area contributed by atoms with Gasteiger partial charge in [-0.1, -0.05) is 17.7 Å². The minimum Gasteiger partial charge on any atom is -0.389 e. The molecular formula is C24H23FN4O2. The van der Waals surface area contributed by atoms with Crippen LogP contribution in [-0.4, -0.2) is 44.5 Å². The fourth-order valence-corrected chi connectivity index (χ4v) is 3.59. The lowest BCUT2D eigenvalue weighted by Gasteiger charge is -2.11. The first-order valence-electron chi connectivity index (χ1n) is 9.90. The number of aliphatic hydroxyl groups is 1. The molecule has 31 heavy (non-hydrogen) atoms. The van der Waals surface area contributed by atoms with Crippen LogP contribution in [0.5, 0.6) is 0 Å². The fraction of sp³-hybridized carbons (Fsp3) is 0.208. The Bertz CT molecular complexity index is 1280. The molecule has 0 radical (unpaired) electrons. The number of carbonyl (C=O) groups excluding carboxylic acids is 1. The van der Waals surface area contributed by atoms with Crippen LogP contribution in [0.3, 0.4) is 0 Å². The van der Waals surface area contributed by atoms with Crippen LogP contribution >= 0.6 is 0 Å². The van der Waals surface area contributed by atoms with Crippen molar-refractivity contribution in [1.29, 1.82) is 0 Å². The summed E-state index contributed by atoms with van der Waals surface area (Å²) in [5.74, 6) is -0.0980. The molecule has 6 nitrogen and oxygen atoms in total. The second-order valence-electron chi connectivity index (χ2n) is 7.82. The molecule has 2 aromatic carbocycles. The molecule has 0 saturated carbocycles. The number of hydrogen-bond acceptors (Lipinski definition) is 4. The average molecular weight is 418 g/mol. The van der Waals surface area contributed by atoms with Crippen LogP contribution in [0.15, 0.2) is 55.0 Å². The molecule has 0 bridgehead atoms. The summed E-state index contributed by atoms with van der Waals surface area (Å²) >= 11 is 0. The molecule has 2 aromatic heterocycles. The van der Waals surface area contributed by atoms with E-state index < -0.39 is 6.10 Å². The Morgan fingerprint density at radius 2 is 1.84 bits per heavy atom. The number of aryl methyl sites for hydroxylation is 1. The van der Waals surface area contributed by atoms with E-state index in [1.165, 1.54) is 11.0 Å². The van der Waals surface area contributed by atoms with Gasteiger partial charge in [0, 0.05) is 60.3 Å². The highest BCUT2D eigenvalue weighted by Crippen LogP contribution is 2.30. The number of nitrogens with zero attached hydrogens (tertiary/aromatic N) is 4. The second-order valence-corrected chi connectivity index (χ2v) is 7.82. The van der Waals surface area contributed by atoms with Gasteiger partial charge in [0.1, 0.15) is 5.82 Å². The molecule has 7 heteroatoms. The van der Waals surface area contributed by atoms with Crippen molar-refractivity contribution in [3.05, 3.63) is 77.5 Å². The highest BCUT2D eigenvalue weighted by Gasteiger charge is 2.18. The van der Waals surface area contributed by atoms with Crippen molar-refractivity contribution in [2.75, 3.05) is 14.1 Å². The normalized spacial score (nSPS) is 12.2. The Morgan fingerprint density at radius 1 is 1.13 bits per heavy atom.